The van der Waals surface area contributed by atoms with Crippen molar-refractivity contribution in [3.8, 4) is 0 Å². The standard InChI is InChI=1S/C12H19N3O5/c1-7(16)13-11-5-4-10(6-12(11)15(19)20)14(8(2)17)9(3)18/h4-9,13,16-18H,1-3H3. The molecule has 0 radical (unpaired) electrons. The van der Waals surface area contributed by atoms with Gasteiger partial charge in [-0.2, -0.15) is 0 Å². The molecular formula is C12H19N3O5. The number of nitro groups is 1. The monoisotopic (exact) mass is 285 g/mol. The van der Waals surface area contributed by atoms with Crippen molar-refractivity contribution in [1.82, 2.24) is 0 Å². The summed E-state index contributed by atoms with van der Waals surface area (Å²) in [6.45, 7) is 4.33. The van der Waals surface area contributed by atoms with E-state index in [0.717, 1.165) is 0 Å². The number of nitrogens with zero attached hydrogens (tertiary/aromatic N) is 2. The van der Waals surface area contributed by atoms with Crippen LogP contribution in [0.1, 0.15) is 20.8 Å². The second-order valence-corrected chi connectivity index (χ2v) is 4.45. The van der Waals surface area contributed by atoms with Crippen LogP contribution < -0.4 is 10.2 Å². The Labute approximate surface area is 116 Å². The molecule has 1 aromatic rings. The number of aliphatic hydroxyl groups excluding tert-OH is 3. The second-order valence-electron chi connectivity index (χ2n) is 4.45. The van der Waals surface area contributed by atoms with Crippen molar-refractivity contribution in [1.29, 1.82) is 0 Å². The molecule has 0 aromatic heterocycles. The number of nitro benzene ring substituents is 1. The summed E-state index contributed by atoms with van der Waals surface area (Å²) < 4.78 is 0. The van der Waals surface area contributed by atoms with Gasteiger partial charge in [0.15, 0.2) is 0 Å². The molecule has 0 aliphatic carbocycles. The van der Waals surface area contributed by atoms with E-state index in [1.54, 1.807) is 0 Å². The summed E-state index contributed by atoms with van der Waals surface area (Å²) in [6.07, 6.45) is -2.96. The molecule has 0 saturated carbocycles. The highest BCUT2D eigenvalue weighted by Crippen LogP contribution is 2.31. The quantitative estimate of drug-likeness (QED) is 0.347. The van der Waals surface area contributed by atoms with Gasteiger partial charge in [-0.05, 0) is 32.9 Å². The van der Waals surface area contributed by atoms with Gasteiger partial charge in [0, 0.05) is 11.8 Å². The highest BCUT2D eigenvalue weighted by atomic mass is 16.6. The van der Waals surface area contributed by atoms with Gasteiger partial charge in [0.2, 0.25) is 0 Å². The van der Waals surface area contributed by atoms with Gasteiger partial charge in [0.05, 0.1) is 4.92 Å². The van der Waals surface area contributed by atoms with Gasteiger partial charge in [-0.25, -0.2) is 0 Å². The molecule has 0 spiro atoms. The summed E-state index contributed by atoms with van der Waals surface area (Å²) in [6, 6.07) is 4.15. The molecule has 8 heteroatoms. The van der Waals surface area contributed by atoms with E-state index < -0.39 is 23.6 Å². The molecule has 3 unspecified atom stereocenters. The average molecular weight is 285 g/mol. The minimum Gasteiger partial charge on any atom is -0.374 e. The van der Waals surface area contributed by atoms with Crippen LogP contribution in [0, 0.1) is 10.1 Å². The van der Waals surface area contributed by atoms with E-state index in [2.05, 4.69) is 5.32 Å². The van der Waals surface area contributed by atoms with Crippen molar-refractivity contribution in [3.63, 3.8) is 0 Å². The summed E-state index contributed by atoms with van der Waals surface area (Å²) in [5.41, 5.74) is 0.206. The molecule has 0 saturated heterocycles. The number of aliphatic hydroxyl groups is 3. The first-order chi connectivity index (χ1) is 9.23. The first-order valence-electron chi connectivity index (χ1n) is 6.11. The van der Waals surface area contributed by atoms with Gasteiger partial charge in [-0.15, -0.1) is 0 Å². The van der Waals surface area contributed by atoms with Gasteiger partial charge >= 0.3 is 0 Å². The summed E-state index contributed by atoms with van der Waals surface area (Å²) in [5.74, 6) is 0. The Balaban J connectivity index is 3.25. The number of anilines is 2. The lowest BCUT2D eigenvalue weighted by atomic mass is 10.2. The summed E-state index contributed by atoms with van der Waals surface area (Å²) in [4.78, 5) is 11.7. The van der Waals surface area contributed by atoms with E-state index in [-0.39, 0.29) is 11.4 Å². The van der Waals surface area contributed by atoms with Gasteiger partial charge in [0.25, 0.3) is 5.69 Å². The third kappa shape index (κ3) is 3.80. The van der Waals surface area contributed by atoms with E-state index in [1.807, 2.05) is 0 Å². The van der Waals surface area contributed by atoms with E-state index in [1.165, 1.54) is 43.9 Å². The number of hydrogen-bond donors (Lipinski definition) is 4. The van der Waals surface area contributed by atoms with Crippen LogP contribution >= 0.6 is 0 Å². The molecule has 0 bridgehead atoms. The topological polar surface area (TPSA) is 119 Å². The van der Waals surface area contributed by atoms with Crippen molar-refractivity contribution in [2.75, 3.05) is 10.2 Å². The van der Waals surface area contributed by atoms with Crippen LogP contribution in [-0.4, -0.2) is 38.9 Å². The molecular weight excluding hydrogens is 266 g/mol. The second kappa shape index (κ2) is 6.51. The minimum absolute atomic E-state index is 0.157. The Morgan fingerprint density at radius 3 is 2.15 bits per heavy atom. The normalized spacial score (nSPS) is 15.3. The molecule has 3 atom stereocenters. The first kappa shape index (κ1) is 16.2. The molecule has 112 valence electrons. The molecule has 0 heterocycles. The van der Waals surface area contributed by atoms with Crippen molar-refractivity contribution in [2.45, 2.75) is 39.5 Å². The summed E-state index contributed by atoms with van der Waals surface area (Å²) >= 11 is 0. The van der Waals surface area contributed by atoms with Crippen LogP contribution in [0.3, 0.4) is 0 Å². The molecule has 1 aromatic carbocycles. The van der Waals surface area contributed by atoms with Crippen LogP contribution in [0.25, 0.3) is 0 Å². The highest BCUT2D eigenvalue weighted by Gasteiger charge is 2.22. The predicted octanol–water partition coefficient (Wildman–Crippen LogP) is 0.828. The van der Waals surface area contributed by atoms with Crippen molar-refractivity contribution < 1.29 is 20.2 Å². The largest absolute Gasteiger partial charge is 0.374 e. The molecule has 0 fully saturated rings. The fourth-order valence-electron chi connectivity index (χ4n) is 1.92. The fourth-order valence-corrected chi connectivity index (χ4v) is 1.92. The van der Waals surface area contributed by atoms with E-state index in [4.69, 9.17) is 0 Å². The summed E-state index contributed by atoms with van der Waals surface area (Å²) in [5, 5.41) is 42.1. The average Bonchev–Trinajstić information content (AvgIpc) is 2.28. The van der Waals surface area contributed by atoms with Crippen molar-refractivity contribution >= 4 is 17.1 Å². The molecule has 20 heavy (non-hydrogen) atoms. The third-order valence-electron chi connectivity index (χ3n) is 2.65. The Morgan fingerprint density at radius 1 is 1.20 bits per heavy atom. The Kier molecular flexibility index (Phi) is 5.26. The molecule has 0 aliphatic rings. The van der Waals surface area contributed by atoms with Gasteiger partial charge < -0.3 is 25.5 Å². The molecule has 4 N–H and O–H groups in total. The lowest BCUT2D eigenvalue weighted by Crippen LogP contribution is -2.40. The van der Waals surface area contributed by atoms with Gasteiger partial charge in [0.1, 0.15) is 24.4 Å². The third-order valence-corrected chi connectivity index (χ3v) is 2.65. The first-order valence-corrected chi connectivity index (χ1v) is 6.11. The maximum Gasteiger partial charge on any atom is 0.294 e. The predicted molar refractivity (Wildman–Crippen MR) is 74.2 cm³/mol. The number of rotatable bonds is 6. The number of nitrogens with one attached hydrogen (secondary N) is 1. The van der Waals surface area contributed by atoms with Crippen molar-refractivity contribution in [2.24, 2.45) is 0 Å². The van der Waals surface area contributed by atoms with Crippen LogP contribution in [0.15, 0.2) is 18.2 Å². The molecule has 1 rings (SSSR count). The van der Waals surface area contributed by atoms with Crippen LogP contribution in [0.4, 0.5) is 17.1 Å². The molecule has 0 aliphatic heterocycles. The van der Waals surface area contributed by atoms with Gasteiger partial charge in [-0.1, -0.05) is 0 Å². The highest BCUT2D eigenvalue weighted by molar-refractivity contribution is 5.68. The van der Waals surface area contributed by atoms with Crippen molar-refractivity contribution in [3.05, 3.63) is 28.3 Å². The van der Waals surface area contributed by atoms with Crippen LogP contribution in [0.5, 0.6) is 0 Å². The Bertz CT molecular complexity index is 468. The maximum absolute atomic E-state index is 11.1. The summed E-state index contributed by atoms with van der Waals surface area (Å²) in [7, 11) is 0. The zero-order chi connectivity index (χ0) is 15.4. The lowest BCUT2D eigenvalue weighted by molar-refractivity contribution is -0.384. The van der Waals surface area contributed by atoms with Crippen LogP contribution in [-0.2, 0) is 0 Å². The SMILES string of the molecule is CC(O)Nc1ccc(N(C(C)O)C(C)O)cc1[N+](=O)[O-]. The number of benzene rings is 1. The van der Waals surface area contributed by atoms with E-state index in [9.17, 15) is 25.4 Å². The lowest BCUT2D eigenvalue weighted by Gasteiger charge is -2.30. The Morgan fingerprint density at radius 2 is 1.75 bits per heavy atom. The number of hydrogen-bond acceptors (Lipinski definition) is 7. The van der Waals surface area contributed by atoms with Crippen LogP contribution in [0.2, 0.25) is 0 Å². The molecule has 8 nitrogen and oxygen atoms in total. The smallest absolute Gasteiger partial charge is 0.294 e. The van der Waals surface area contributed by atoms with E-state index in [0.29, 0.717) is 5.69 Å². The zero-order valence-corrected chi connectivity index (χ0v) is 11.5. The fraction of sp³-hybridized carbons (Fsp3) is 0.500. The maximum atomic E-state index is 11.1. The van der Waals surface area contributed by atoms with E-state index >= 15 is 0 Å². The molecule has 0 amide bonds. The Hall–Kier alpha value is -1.90. The zero-order valence-electron chi connectivity index (χ0n) is 11.5. The van der Waals surface area contributed by atoms with Gasteiger partial charge in [-0.3, -0.25) is 10.1 Å². The minimum atomic E-state index is -1.01.